The number of anilines is 1. The van der Waals surface area contributed by atoms with Crippen molar-refractivity contribution in [2.45, 2.75) is 19.3 Å². The molecule has 6 nitrogen and oxygen atoms in total. The van der Waals surface area contributed by atoms with Crippen molar-refractivity contribution in [1.29, 1.82) is 0 Å². The second-order valence-corrected chi connectivity index (χ2v) is 7.30. The van der Waals surface area contributed by atoms with E-state index in [1.807, 2.05) is 0 Å². The summed E-state index contributed by atoms with van der Waals surface area (Å²) >= 11 is 2.81. The maximum atomic E-state index is 11.6. The molecular weight excluding hydrogens is 320 g/mol. The predicted octanol–water partition coefficient (Wildman–Crippen LogP) is 2.29. The highest BCUT2D eigenvalue weighted by molar-refractivity contribution is 8.14. The molecule has 2 aromatic heterocycles. The molecule has 0 unspecified atom stereocenters. The molecule has 1 N–H and O–H groups in total. The lowest BCUT2D eigenvalue weighted by Crippen LogP contribution is -2.33. The topological polar surface area (TPSA) is 75.2 Å². The van der Waals surface area contributed by atoms with Gasteiger partial charge in [0.25, 0.3) is 5.24 Å². The van der Waals surface area contributed by atoms with Crippen LogP contribution in [-0.2, 0) is 17.6 Å². The summed E-state index contributed by atoms with van der Waals surface area (Å²) in [6.45, 7) is 0.886. The summed E-state index contributed by atoms with van der Waals surface area (Å²) in [7, 11) is 0. The SMILES string of the molecule is O=C1CSC(=O)N1CCNc1ncnc2sc3c(c12)CCC3. The quantitative estimate of drug-likeness (QED) is 0.924. The highest BCUT2D eigenvalue weighted by Gasteiger charge is 2.29. The van der Waals surface area contributed by atoms with Gasteiger partial charge in [0.2, 0.25) is 5.91 Å². The number of rotatable bonds is 4. The lowest BCUT2D eigenvalue weighted by Gasteiger charge is -2.13. The maximum Gasteiger partial charge on any atom is 0.288 e. The number of nitrogens with one attached hydrogen (secondary N) is 1. The first-order valence-corrected chi connectivity index (χ1v) is 9.00. The molecule has 0 spiro atoms. The Morgan fingerprint density at radius 3 is 3.00 bits per heavy atom. The normalized spacial score (nSPS) is 17.5. The predicted molar refractivity (Wildman–Crippen MR) is 87.5 cm³/mol. The van der Waals surface area contributed by atoms with Crippen LogP contribution in [0.15, 0.2) is 6.33 Å². The number of hydrogen-bond acceptors (Lipinski definition) is 7. The number of carbonyl (C=O) groups excluding carboxylic acids is 2. The Hall–Kier alpha value is -1.67. The largest absolute Gasteiger partial charge is 0.368 e. The molecule has 2 amide bonds. The molecule has 3 heterocycles. The monoisotopic (exact) mass is 334 g/mol. The highest BCUT2D eigenvalue weighted by Crippen LogP contribution is 2.38. The van der Waals surface area contributed by atoms with Crippen molar-refractivity contribution < 1.29 is 9.59 Å². The Labute approximate surface area is 135 Å². The molecule has 0 radical (unpaired) electrons. The number of thiophene rings is 1. The molecule has 2 aliphatic rings. The van der Waals surface area contributed by atoms with Gasteiger partial charge < -0.3 is 5.32 Å². The minimum atomic E-state index is -0.156. The molecule has 1 fully saturated rings. The van der Waals surface area contributed by atoms with Crippen molar-refractivity contribution in [3.05, 3.63) is 16.8 Å². The van der Waals surface area contributed by atoms with Crippen molar-refractivity contribution in [2.24, 2.45) is 0 Å². The Kier molecular flexibility index (Phi) is 3.50. The minimum absolute atomic E-state index is 0.110. The van der Waals surface area contributed by atoms with Gasteiger partial charge in [0.15, 0.2) is 0 Å². The number of fused-ring (bicyclic) bond motifs is 3. The highest BCUT2D eigenvalue weighted by atomic mass is 32.2. The molecule has 0 saturated carbocycles. The fourth-order valence-electron chi connectivity index (χ4n) is 2.95. The fraction of sp³-hybridized carbons (Fsp3) is 0.429. The van der Waals surface area contributed by atoms with E-state index in [0.29, 0.717) is 13.1 Å². The van der Waals surface area contributed by atoms with Crippen molar-refractivity contribution in [3.63, 3.8) is 0 Å². The number of aromatic nitrogens is 2. The van der Waals surface area contributed by atoms with Crippen LogP contribution in [0.5, 0.6) is 0 Å². The van der Waals surface area contributed by atoms with E-state index in [4.69, 9.17) is 0 Å². The number of amides is 2. The van der Waals surface area contributed by atoms with Gasteiger partial charge in [-0.2, -0.15) is 0 Å². The number of thioether (sulfide) groups is 1. The standard InChI is InChI=1S/C14H14N4O2S2/c19-10-6-21-14(20)18(10)5-4-15-12-11-8-2-1-3-9(8)22-13(11)17-7-16-12/h7H,1-6H2,(H,15,16,17). The van der Waals surface area contributed by atoms with E-state index < -0.39 is 0 Å². The molecule has 4 rings (SSSR count). The zero-order valence-corrected chi connectivity index (χ0v) is 13.4. The number of aryl methyl sites for hydroxylation is 2. The van der Waals surface area contributed by atoms with E-state index in [9.17, 15) is 9.59 Å². The Morgan fingerprint density at radius 1 is 1.27 bits per heavy atom. The molecule has 114 valence electrons. The fourth-order valence-corrected chi connectivity index (χ4v) is 4.93. The van der Waals surface area contributed by atoms with Crippen LogP contribution in [0.2, 0.25) is 0 Å². The Bertz CT molecular complexity index is 758. The summed E-state index contributed by atoms with van der Waals surface area (Å²) in [6.07, 6.45) is 4.97. The van der Waals surface area contributed by atoms with E-state index in [0.717, 1.165) is 40.6 Å². The van der Waals surface area contributed by atoms with Crippen LogP contribution < -0.4 is 5.32 Å². The zero-order chi connectivity index (χ0) is 15.1. The van der Waals surface area contributed by atoms with E-state index in [1.165, 1.54) is 21.8 Å². The molecular formula is C14H14N4O2S2. The number of hydrogen-bond donors (Lipinski definition) is 1. The van der Waals surface area contributed by atoms with E-state index in [-0.39, 0.29) is 16.9 Å². The molecule has 22 heavy (non-hydrogen) atoms. The van der Waals surface area contributed by atoms with Crippen LogP contribution >= 0.6 is 23.1 Å². The van der Waals surface area contributed by atoms with Crippen LogP contribution in [0.25, 0.3) is 10.2 Å². The lowest BCUT2D eigenvalue weighted by molar-refractivity contribution is -0.124. The summed E-state index contributed by atoms with van der Waals surface area (Å²) in [5.41, 5.74) is 1.37. The summed E-state index contributed by atoms with van der Waals surface area (Å²) in [5.74, 6) is 0.964. The third kappa shape index (κ3) is 2.26. The average molecular weight is 334 g/mol. The summed E-state index contributed by atoms with van der Waals surface area (Å²) in [5, 5.41) is 4.23. The van der Waals surface area contributed by atoms with Crippen molar-refractivity contribution in [3.8, 4) is 0 Å². The molecule has 0 atom stereocenters. The smallest absolute Gasteiger partial charge is 0.288 e. The van der Waals surface area contributed by atoms with Gasteiger partial charge >= 0.3 is 0 Å². The first kappa shape index (κ1) is 14.0. The number of carbonyl (C=O) groups is 2. The summed E-state index contributed by atoms with van der Waals surface area (Å²) < 4.78 is 0. The van der Waals surface area contributed by atoms with Crippen LogP contribution in [0, 0.1) is 0 Å². The first-order valence-electron chi connectivity index (χ1n) is 7.20. The Morgan fingerprint density at radius 2 is 2.18 bits per heavy atom. The van der Waals surface area contributed by atoms with Crippen LogP contribution in [-0.4, -0.2) is 44.9 Å². The molecule has 0 aromatic carbocycles. The number of imide groups is 1. The second-order valence-electron chi connectivity index (χ2n) is 5.29. The number of nitrogens with zero attached hydrogens (tertiary/aromatic N) is 3. The molecule has 1 aliphatic carbocycles. The van der Waals surface area contributed by atoms with Gasteiger partial charge in [0, 0.05) is 18.0 Å². The molecule has 1 saturated heterocycles. The molecule has 8 heteroatoms. The zero-order valence-electron chi connectivity index (χ0n) is 11.8. The average Bonchev–Trinajstić information content (AvgIpc) is 3.16. The van der Waals surface area contributed by atoms with Gasteiger partial charge in [-0.05, 0) is 24.8 Å². The van der Waals surface area contributed by atoms with E-state index >= 15 is 0 Å². The van der Waals surface area contributed by atoms with Crippen LogP contribution in [0.4, 0.5) is 10.6 Å². The lowest BCUT2D eigenvalue weighted by atomic mass is 10.2. The molecule has 2 aromatic rings. The maximum absolute atomic E-state index is 11.6. The minimum Gasteiger partial charge on any atom is -0.368 e. The van der Waals surface area contributed by atoms with E-state index in [1.54, 1.807) is 17.7 Å². The summed E-state index contributed by atoms with van der Waals surface area (Å²) in [6, 6.07) is 0. The van der Waals surface area contributed by atoms with Crippen LogP contribution in [0.1, 0.15) is 16.9 Å². The molecule has 1 aliphatic heterocycles. The van der Waals surface area contributed by atoms with Crippen molar-refractivity contribution >= 4 is 50.3 Å². The first-order chi connectivity index (χ1) is 10.7. The van der Waals surface area contributed by atoms with Gasteiger partial charge in [0.05, 0.1) is 11.1 Å². The Balaban J connectivity index is 1.52. The van der Waals surface area contributed by atoms with Crippen molar-refractivity contribution in [2.75, 3.05) is 24.2 Å². The van der Waals surface area contributed by atoms with E-state index in [2.05, 4.69) is 15.3 Å². The third-order valence-electron chi connectivity index (χ3n) is 3.97. The summed E-state index contributed by atoms with van der Waals surface area (Å²) in [4.78, 5) is 35.6. The third-order valence-corrected chi connectivity index (χ3v) is 6.03. The van der Waals surface area contributed by atoms with Gasteiger partial charge in [0.1, 0.15) is 17.0 Å². The van der Waals surface area contributed by atoms with Crippen LogP contribution in [0.3, 0.4) is 0 Å². The van der Waals surface area contributed by atoms with Gasteiger partial charge in [-0.25, -0.2) is 9.97 Å². The van der Waals surface area contributed by atoms with Crippen molar-refractivity contribution in [1.82, 2.24) is 14.9 Å². The van der Waals surface area contributed by atoms with Gasteiger partial charge in [-0.15, -0.1) is 11.3 Å². The molecule has 0 bridgehead atoms. The second kappa shape index (κ2) is 5.51. The van der Waals surface area contributed by atoms with Gasteiger partial charge in [-0.1, -0.05) is 11.8 Å². The van der Waals surface area contributed by atoms with Gasteiger partial charge in [-0.3, -0.25) is 14.5 Å².